The zero-order valence-corrected chi connectivity index (χ0v) is 20.4. The number of ether oxygens (including phenoxy) is 1. The maximum absolute atomic E-state index is 15.5. The summed E-state index contributed by atoms with van der Waals surface area (Å²) in [4.78, 5) is 10.7. The molecule has 8 heteroatoms. The Kier molecular flexibility index (Phi) is 7.12. The molecule has 1 aliphatic carbocycles. The average Bonchev–Trinajstić information content (AvgIpc) is 2.84. The molecule has 0 bridgehead atoms. The Hall–Kier alpha value is -3.39. The second-order valence-corrected chi connectivity index (χ2v) is 10.7. The van der Waals surface area contributed by atoms with Crippen molar-refractivity contribution in [1.29, 1.82) is 0 Å². The van der Waals surface area contributed by atoms with Gasteiger partial charge in [0.2, 0.25) is 0 Å². The van der Waals surface area contributed by atoms with Gasteiger partial charge < -0.3 is 9.84 Å². The summed E-state index contributed by atoms with van der Waals surface area (Å²) in [5, 5.41) is 9.14. The monoisotopic (exact) mass is 497 g/mol. The van der Waals surface area contributed by atoms with Crippen molar-refractivity contribution < 1.29 is 27.4 Å². The summed E-state index contributed by atoms with van der Waals surface area (Å²) in [6.07, 6.45) is 4.70. The van der Waals surface area contributed by atoms with Gasteiger partial charge in [0.1, 0.15) is 10.6 Å². The highest BCUT2D eigenvalue weighted by Gasteiger charge is 2.24. The molecule has 0 aliphatic heterocycles. The van der Waals surface area contributed by atoms with E-state index in [1.165, 1.54) is 55.8 Å². The van der Waals surface area contributed by atoms with Crippen molar-refractivity contribution in [3.63, 3.8) is 0 Å². The molecule has 6 nitrogen and oxygen atoms in total. The molecule has 0 heterocycles. The van der Waals surface area contributed by atoms with E-state index in [4.69, 9.17) is 9.84 Å². The first-order valence-electron chi connectivity index (χ1n) is 11.5. The van der Waals surface area contributed by atoms with Crippen molar-refractivity contribution in [3.8, 4) is 16.9 Å². The molecule has 184 valence electrons. The molecule has 0 atom stereocenters. The van der Waals surface area contributed by atoms with Crippen molar-refractivity contribution >= 4 is 21.7 Å². The minimum absolute atomic E-state index is 0.00783. The Labute approximate surface area is 204 Å². The van der Waals surface area contributed by atoms with Gasteiger partial charge in [-0.3, -0.25) is 4.72 Å². The van der Waals surface area contributed by atoms with E-state index in [2.05, 4.69) is 11.6 Å². The highest BCUT2D eigenvalue weighted by molar-refractivity contribution is 7.92. The van der Waals surface area contributed by atoms with Crippen LogP contribution in [0, 0.1) is 11.7 Å². The van der Waals surface area contributed by atoms with Crippen molar-refractivity contribution in [2.75, 3.05) is 11.8 Å². The predicted molar refractivity (Wildman–Crippen MR) is 133 cm³/mol. The summed E-state index contributed by atoms with van der Waals surface area (Å²) >= 11 is 0. The molecule has 35 heavy (non-hydrogen) atoms. The highest BCUT2D eigenvalue weighted by Crippen LogP contribution is 2.37. The zero-order chi connectivity index (χ0) is 25.2. The number of rotatable bonds is 7. The molecule has 0 unspecified atom stereocenters. The maximum atomic E-state index is 15.5. The number of nitrogens with one attached hydrogen (secondary N) is 1. The molecule has 3 aromatic carbocycles. The maximum Gasteiger partial charge on any atom is 0.335 e. The van der Waals surface area contributed by atoms with Crippen LogP contribution in [0.3, 0.4) is 0 Å². The SMILES string of the molecule is COc1cc(C(=O)O)ccc1NS(=O)(=O)c1cccc(-c2ccc([C@H]3CC[C@H](C)CC3)cc2)c1F. The molecule has 0 saturated heterocycles. The Morgan fingerprint density at radius 1 is 1.03 bits per heavy atom. The number of anilines is 1. The topological polar surface area (TPSA) is 92.7 Å². The van der Waals surface area contributed by atoms with Gasteiger partial charge in [0.15, 0.2) is 5.82 Å². The van der Waals surface area contributed by atoms with Crippen LogP contribution in [0.15, 0.2) is 65.6 Å². The van der Waals surface area contributed by atoms with Gasteiger partial charge in [-0.05, 0) is 60.1 Å². The second kappa shape index (κ2) is 10.1. The fourth-order valence-corrected chi connectivity index (χ4v) is 5.75. The summed E-state index contributed by atoms with van der Waals surface area (Å²) in [5.74, 6) is -0.768. The number of carboxylic acids is 1. The third-order valence-electron chi connectivity index (χ3n) is 6.65. The van der Waals surface area contributed by atoms with E-state index in [0.717, 1.165) is 18.8 Å². The Balaban J connectivity index is 1.61. The third-order valence-corrected chi connectivity index (χ3v) is 8.04. The van der Waals surface area contributed by atoms with Gasteiger partial charge in [-0.15, -0.1) is 0 Å². The molecular weight excluding hydrogens is 469 g/mol. The number of aromatic carboxylic acids is 1. The number of benzene rings is 3. The summed E-state index contributed by atoms with van der Waals surface area (Å²) < 4.78 is 49.0. The van der Waals surface area contributed by atoms with Gasteiger partial charge in [-0.2, -0.15) is 0 Å². The van der Waals surface area contributed by atoms with Crippen molar-refractivity contribution in [2.24, 2.45) is 5.92 Å². The normalized spacial score (nSPS) is 18.1. The molecule has 2 N–H and O–H groups in total. The smallest absolute Gasteiger partial charge is 0.335 e. The minimum atomic E-state index is -4.32. The van der Waals surface area contributed by atoms with Crippen LogP contribution in [0.25, 0.3) is 11.1 Å². The van der Waals surface area contributed by atoms with Crippen molar-refractivity contribution in [1.82, 2.24) is 0 Å². The highest BCUT2D eigenvalue weighted by atomic mass is 32.2. The van der Waals surface area contributed by atoms with Crippen LogP contribution in [0.4, 0.5) is 10.1 Å². The molecule has 0 amide bonds. The largest absolute Gasteiger partial charge is 0.495 e. The summed E-state index contributed by atoms with van der Waals surface area (Å²) in [7, 11) is -3.03. The second-order valence-electron chi connectivity index (χ2n) is 9.02. The number of hydrogen-bond acceptors (Lipinski definition) is 4. The molecule has 0 spiro atoms. The molecular formula is C27H28FNO5S. The predicted octanol–water partition coefficient (Wildman–Crippen LogP) is 6.29. The van der Waals surface area contributed by atoms with Gasteiger partial charge in [-0.1, -0.05) is 56.2 Å². The Morgan fingerprint density at radius 2 is 1.71 bits per heavy atom. The fraction of sp³-hybridized carbons (Fsp3) is 0.296. The molecule has 0 radical (unpaired) electrons. The lowest BCUT2D eigenvalue weighted by atomic mass is 9.79. The number of hydrogen-bond donors (Lipinski definition) is 2. The van der Waals surface area contributed by atoms with Gasteiger partial charge in [-0.25, -0.2) is 17.6 Å². The summed E-state index contributed by atoms with van der Waals surface area (Å²) in [6, 6.07) is 15.6. The van der Waals surface area contributed by atoms with Gasteiger partial charge in [0.25, 0.3) is 10.0 Å². The molecule has 4 rings (SSSR count). The van der Waals surface area contributed by atoms with E-state index in [-0.39, 0.29) is 22.6 Å². The molecule has 1 saturated carbocycles. The average molecular weight is 498 g/mol. The van der Waals surface area contributed by atoms with E-state index in [1.54, 1.807) is 6.07 Å². The summed E-state index contributed by atoms with van der Waals surface area (Å²) in [5.41, 5.74) is 1.95. The number of carboxylic acid groups (broad SMARTS) is 1. The summed E-state index contributed by atoms with van der Waals surface area (Å²) in [6.45, 7) is 2.28. The Bertz CT molecular complexity index is 1330. The quantitative estimate of drug-likeness (QED) is 0.400. The van der Waals surface area contributed by atoms with Gasteiger partial charge in [0, 0.05) is 5.56 Å². The van der Waals surface area contributed by atoms with E-state index >= 15 is 4.39 Å². The number of methoxy groups -OCH3 is 1. The zero-order valence-electron chi connectivity index (χ0n) is 19.6. The van der Waals surface area contributed by atoms with E-state index < -0.39 is 26.7 Å². The fourth-order valence-electron chi connectivity index (χ4n) is 4.58. The number of carbonyl (C=O) groups is 1. The number of halogens is 1. The molecule has 0 aromatic heterocycles. The van der Waals surface area contributed by atoms with E-state index in [1.807, 2.05) is 24.3 Å². The van der Waals surface area contributed by atoms with Crippen LogP contribution >= 0.6 is 0 Å². The van der Waals surface area contributed by atoms with Crippen LogP contribution in [0.5, 0.6) is 5.75 Å². The lowest BCUT2D eigenvalue weighted by molar-refractivity contribution is 0.0696. The minimum Gasteiger partial charge on any atom is -0.495 e. The van der Waals surface area contributed by atoms with Crippen LogP contribution in [0.2, 0.25) is 0 Å². The van der Waals surface area contributed by atoms with Crippen LogP contribution in [-0.4, -0.2) is 26.6 Å². The number of sulfonamides is 1. The van der Waals surface area contributed by atoms with Gasteiger partial charge >= 0.3 is 5.97 Å². The first kappa shape index (κ1) is 24.7. The first-order valence-corrected chi connectivity index (χ1v) is 13.0. The standard InChI is InChI=1S/C27H28FNO5S/c1-17-6-8-18(9-7-17)19-10-12-20(13-11-19)22-4-3-5-25(26(22)28)35(32,33)29-23-15-14-21(27(30)31)16-24(23)34-2/h3-5,10-18,29H,6-9H2,1-2H3,(H,30,31)/t17-,18-. The van der Waals surface area contributed by atoms with E-state index in [0.29, 0.717) is 11.5 Å². The first-order chi connectivity index (χ1) is 16.7. The van der Waals surface area contributed by atoms with Crippen LogP contribution in [0.1, 0.15) is 54.4 Å². The van der Waals surface area contributed by atoms with Crippen molar-refractivity contribution in [3.05, 3.63) is 77.6 Å². The molecule has 1 aliphatic rings. The third kappa shape index (κ3) is 5.32. The van der Waals surface area contributed by atoms with Crippen LogP contribution in [-0.2, 0) is 10.0 Å². The lowest BCUT2D eigenvalue weighted by Crippen LogP contribution is -2.16. The molecule has 1 fully saturated rings. The Morgan fingerprint density at radius 3 is 2.34 bits per heavy atom. The lowest BCUT2D eigenvalue weighted by Gasteiger charge is -2.26. The van der Waals surface area contributed by atoms with Gasteiger partial charge in [0.05, 0.1) is 18.4 Å². The van der Waals surface area contributed by atoms with Crippen molar-refractivity contribution in [2.45, 2.75) is 43.4 Å². The van der Waals surface area contributed by atoms with Crippen LogP contribution < -0.4 is 9.46 Å². The molecule has 3 aromatic rings. The van der Waals surface area contributed by atoms with E-state index in [9.17, 15) is 13.2 Å².